The third kappa shape index (κ3) is 7.62. The van der Waals surface area contributed by atoms with E-state index in [1.807, 2.05) is 0 Å². The molecule has 0 atom stereocenters. The molecule has 0 amide bonds. The Morgan fingerprint density at radius 3 is 1.30 bits per heavy atom. The molecule has 0 aromatic carbocycles. The van der Waals surface area contributed by atoms with E-state index >= 15 is 0 Å². The lowest BCUT2D eigenvalue weighted by molar-refractivity contribution is -0.642. The Morgan fingerprint density at radius 2 is 0.900 bits per heavy atom. The first-order valence-electron chi connectivity index (χ1n) is 10.1. The topological polar surface area (TPSA) is 46.1 Å². The Balaban J connectivity index is 5.03. The summed E-state index contributed by atoms with van der Waals surface area (Å²) in [4.78, 5) is 0. The third-order valence-electron chi connectivity index (χ3n) is 5.23. The van der Waals surface area contributed by atoms with Crippen LogP contribution in [0.25, 0.3) is 0 Å². The molecule has 0 bridgehead atoms. The van der Waals surface area contributed by atoms with Crippen molar-refractivity contribution in [3.8, 4) is 0 Å². The first-order chi connectivity index (χ1) is 13.9. The average molecular weight is 405 g/mol. The molecule has 0 rings (SSSR count). The van der Waals surface area contributed by atoms with E-state index < -0.39 is 6.29 Å². The van der Waals surface area contributed by atoms with Crippen LogP contribution in [0, 0.1) is 0 Å². The Kier molecular flexibility index (Phi) is 11.6. The van der Waals surface area contributed by atoms with Gasteiger partial charge in [-0.3, -0.25) is 0 Å². The Morgan fingerprint density at radius 1 is 0.533 bits per heavy atom. The lowest BCUT2D eigenvalue weighted by atomic mass is 9.83. The van der Waals surface area contributed by atoms with Crippen molar-refractivity contribution in [3.63, 3.8) is 0 Å². The van der Waals surface area contributed by atoms with Crippen LogP contribution in [0.4, 0.5) is 0 Å². The van der Waals surface area contributed by atoms with Crippen molar-refractivity contribution in [1.82, 2.24) is 0 Å². The lowest BCUT2D eigenvalue weighted by Crippen LogP contribution is -2.40. The molecule has 0 unspecified atom stereocenters. The maximum atomic E-state index is 11.1. The van der Waals surface area contributed by atoms with Crippen LogP contribution in [0.15, 0.2) is 122 Å². The van der Waals surface area contributed by atoms with Crippen LogP contribution in [0.5, 0.6) is 0 Å². The zero-order valence-electron chi connectivity index (χ0n) is 18.7. The predicted molar refractivity (Wildman–Crippen MR) is 129 cm³/mol. The second kappa shape index (κ2) is 12.8. The Bertz CT molecular complexity index is 812. The van der Waals surface area contributed by atoms with E-state index in [9.17, 15) is 10.2 Å². The molecular formula is C28H36O2-2. The summed E-state index contributed by atoms with van der Waals surface area (Å²) in [6, 6.07) is 0. The zero-order chi connectivity index (χ0) is 23.6. The van der Waals surface area contributed by atoms with Crippen LogP contribution < -0.4 is 10.2 Å². The molecule has 0 aliphatic carbocycles. The van der Waals surface area contributed by atoms with Gasteiger partial charge in [0.25, 0.3) is 0 Å². The number of allylic oxidation sites excluding steroid dienone is 8. The molecule has 2 nitrogen and oxygen atoms in total. The van der Waals surface area contributed by atoms with Gasteiger partial charge in [-0.1, -0.05) is 104 Å². The van der Waals surface area contributed by atoms with Gasteiger partial charge in [-0.05, 0) is 63.0 Å². The van der Waals surface area contributed by atoms with Gasteiger partial charge in [-0.15, -0.1) is 0 Å². The van der Waals surface area contributed by atoms with Gasteiger partial charge >= 0.3 is 0 Å². The highest BCUT2D eigenvalue weighted by Gasteiger charge is 2.17. The molecule has 0 aromatic rings. The lowest BCUT2D eigenvalue weighted by Gasteiger charge is -2.33. The molecule has 0 fully saturated rings. The first kappa shape index (κ1) is 27.3. The molecule has 2 heteroatoms. The quantitative estimate of drug-likeness (QED) is 0.181. The fourth-order valence-electron chi connectivity index (χ4n) is 2.74. The van der Waals surface area contributed by atoms with Gasteiger partial charge in [0.2, 0.25) is 0 Å². The highest BCUT2D eigenvalue weighted by molar-refractivity contribution is 5.69. The third-order valence-corrected chi connectivity index (χ3v) is 5.23. The summed E-state index contributed by atoms with van der Waals surface area (Å²) >= 11 is 0. The number of hydrogen-bond donors (Lipinski definition) is 0. The molecule has 30 heavy (non-hydrogen) atoms. The SMILES string of the molecule is C=C(CCCCCCC)C(=C)C(=C)C(=C)C(=C)C(=C)C(=C)C(=C)C(=C)C(=C)C([O-])[O-]. The van der Waals surface area contributed by atoms with Gasteiger partial charge in [-0.2, -0.15) is 6.29 Å². The van der Waals surface area contributed by atoms with Crippen molar-refractivity contribution in [2.75, 3.05) is 0 Å². The number of hydrogen-bond acceptors (Lipinski definition) is 2. The van der Waals surface area contributed by atoms with Crippen LogP contribution in [0.3, 0.4) is 0 Å². The van der Waals surface area contributed by atoms with E-state index in [1.54, 1.807) is 0 Å². The van der Waals surface area contributed by atoms with Crippen molar-refractivity contribution < 1.29 is 10.2 Å². The summed E-state index contributed by atoms with van der Waals surface area (Å²) in [6.07, 6.45) is 4.56. The maximum absolute atomic E-state index is 11.1. The Hall–Kier alpha value is -2.68. The first-order valence-corrected chi connectivity index (χ1v) is 10.1. The highest BCUT2D eigenvalue weighted by atomic mass is 16.5. The van der Waals surface area contributed by atoms with E-state index in [1.165, 1.54) is 25.7 Å². The van der Waals surface area contributed by atoms with E-state index in [4.69, 9.17) is 0 Å². The highest BCUT2D eigenvalue weighted by Crippen LogP contribution is 2.35. The van der Waals surface area contributed by atoms with Crippen molar-refractivity contribution in [3.05, 3.63) is 122 Å². The minimum Gasteiger partial charge on any atom is -0.862 e. The number of rotatable bonds is 16. The second-order valence-electron chi connectivity index (χ2n) is 7.45. The second-order valence-corrected chi connectivity index (χ2v) is 7.45. The van der Waals surface area contributed by atoms with Crippen LogP contribution in [-0.4, -0.2) is 6.29 Å². The minimum atomic E-state index is -2.22. The average Bonchev–Trinajstić information content (AvgIpc) is 2.73. The summed E-state index contributed by atoms with van der Waals surface area (Å²) in [5.74, 6) is 0. The van der Waals surface area contributed by atoms with Crippen molar-refractivity contribution in [2.24, 2.45) is 0 Å². The summed E-state index contributed by atoms with van der Waals surface area (Å²) in [7, 11) is 0. The summed E-state index contributed by atoms with van der Waals surface area (Å²) in [6.45, 7) is 41.7. The molecule has 0 saturated heterocycles. The minimum absolute atomic E-state index is 0.161. The fraction of sp³-hybridized carbons (Fsp3) is 0.286. The standard InChI is InChI=1S/C28H36O2/c1-12-13-14-15-16-17-18(2)19(3)20(4)21(5)22(6)23(7)24(8)25(9)26(10)27(11)28(29)30/h28H,2-17H2,1H3/q-2. The van der Waals surface area contributed by atoms with E-state index in [0.717, 1.165) is 24.0 Å². The molecule has 0 N–H and O–H groups in total. The molecular weight excluding hydrogens is 368 g/mol. The molecule has 0 heterocycles. The van der Waals surface area contributed by atoms with Crippen molar-refractivity contribution in [2.45, 2.75) is 51.7 Å². The van der Waals surface area contributed by atoms with Gasteiger partial charge in [0.05, 0.1) is 0 Å². The van der Waals surface area contributed by atoms with Crippen molar-refractivity contribution >= 4 is 0 Å². The smallest absolute Gasteiger partial charge is 0.0183 e. The molecule has 0 spiro atoms. The number of unbranched alkanes of at least 4 members (excludes halogenated alkanes) is 4. The van der Waals surface area contributed by atoms with Crippen LogP contribution in [-0.2, 0) is 0 Å². The Labute approximate surface area is 183 Å². The van der Waals surface area contributed by atoms with Gasteiger partial charge in [0.15, 0.2) is 0 Å². The van der Waals surface area contributed by atoms with Gasteiger partial charge < -0.3 is 10.2 Å². The molecule has 0 aliphatic heterocycles. The predicted octanol–water partition coefficient (Wildman–Crippen LogP) is 5.96. The van der Waals surface area contributed by atoms with Gasteiger partial charge in [0, 0.05) is 0 Å². The monoisotopic (exact) mass is 404 g/mol. The molecule has 0 aliphatic rings. The van der Waals surface area contributed by atoms with Gasteiger partial charge in [0.1, 0.15) is 0 Å². The molecule has 0 radical (unpaired) electrons. The van der Waals surface area contributed by atoms with Crippen LogP contribution >= 0.6 is 0 Å². The van der Waals surface area contributed by atoms with E-state index in [-0.39, 0.29) is 11.1 Å². The van der Waals surface area contributed by atoms with Gasteiger partial charge in [-0.25, -0.2) is 0 Å². The normalized spacial score (nSPS) is 10.3. The molecule has 0 saturated carbocycles. The van der Waals surface area contributed by atoms with Crippen molar-refractivity contribution in [1.29, 1.82) is 0 Å². The molecule has 0 aromatic heterocycles. The fourth-order valence-corrected chi connectivity index (χ4v) is 2.74. The zero-order valence-corrected chi connectivity index (χ0v) is 18.7. The van der Waals surface area contributed by atoms with Crippen LogP contribution in [0.2, 0.25) is 0 Å². The summed E-state index contributed by atoms with van der Waals surface area (Å²) in [5.41, 5.74) is 4.57. The molecule has 162 valence electrons. The van der Waals surface area contributed by atoms with Crippen LogP contribution in [0.1, 0.15) is 45.4 Å². The summed E-state index contributed by atoms with van der Waals surface area (Å²) < 4.78 is 0. The summed E-state index contributed by atoms with van der Waals surface area (Å²) in [5, 5.41) is 22.2. The van der Waals surface area contributed by atoms with E-state index in [2.05, 4.69) is 72.7 Å². The van der Waals surface area contributed by atoms with E-state index in [0.29, 0.717) is 33.4 Å². The maximum Gasteiger partial charge on any atom is -0.0183 e. The largest absolute Gasteiger partial charge is 0.862 e.